The van der Waals surface area contributed by atoms with Crippen LogP contribution >= 0.6 is 7.82 Å². The van der Waals surface area contributed by atoms with Crippen molar-refractivity contribution in [2.24, 2.45) is 5.16 Å². The molecule has 1 aromatic carbocycles. The van der Waals surface area contributed by atoms with E-state index >= 15 is 0 Å². The van der Waals surface area contributed by atoms with Crippen LogP contribution in [-0.4, -0.2) is 63.2 Å². The zero-order valence-corrected chi connectivity index (χ0v) is 22.6. The molecule has 1 amide bonds. The van der Waals surface area contributed by atoms with Crippen LogP contribution in [0.15, 0.2) is 41.1 Å². The van der Waals surface area contributed by atoms with Crippen molar-refractivity contribution >= 4 is 25.4 Å². The van der Waals surface area contributed by atoms with E-state index in [1.165, 1.54) is 6.07 Å². The molecule has 12 heteroatoms. The van der Waals surface area contributed by atoms with Gasteiger partial charge in [0.25, 0.3) is 5.91 Å². The van der Waals surface area contributed by atoms with Gasteiger partial charge in [-0.15, -0.1) is 0 Å². The molecular formula is C26H35N2O9P. The Morgan fingerprint density at radius 1 is 1.21 bits per heavy atom. The second-order valence-electron chi connectivity index (χ2n) is 9.49. The molecule has 0 aromatic heterocycles. The number of piperidine rings is 1. The number of amides is 1. The van der Waals surface area contributed by atoms with Crippen LogP contribution in [0.3, 0.4) is 0 Å². The van der Waals surface area contributed by atoms with E-state index in [4.69, 9.17) is 9.57 Å². The number of phenolic OH excluding ortho intramolecular Hbond substituents is 1. The molecule has 3 N–H and O–H groups in total. The van der Waals surface area contributed by atoms with Crippen molar-refractivity contribution in [2.45, 2.75) is 64.9 Å². The fourth-order valence-corrected chi connectivity index (χ4v) is 4.67. The molecule has 2 aliphatic heterocycles. The molecule has 1 aromatic rings. The predicted molar refractivity (Wildman–Crippen MR) is 140 cm³/mol. The number of fused-ring (bicyclic) bond motifs is 1. The lowest BCUT2D eigenvalue weighted by atomic mass is 9.98. The van der Waals surface area contributed by atoms with Gasteiger partial charge in [-0.05, 0) is 63.7 Å². The van der Waals surface area contributed by atoms with Crippen LogP contribution in [0.1, 0.15) is 68.3 Å². The molecule has 0 unspecified atom stereocenters. The van der Waals surface area contributed by atoms with Crippen LogP contribution in [0.25, 0.3) is 0 Å². The number of allylic oxidation sites excluding steroid dienone is 3. The summed E-state index contributed by atoms with van der Waals surface area (Å²) in [5.74, 6) is -1.87. The average Bonchev–Trinajstić information content (AvgIpc) is 2.82. The number of carbonyl (C=O) groups excluding carboxylic acids is 2. The van der Waals surface area contributed by atoms with Gasteiger partial charge < -0.3 is 24.1 Å². The highest BCUT2D eigenvalue weighted by Gasteiger charge is 2.25. The molecule has 3 rings (SSSR count). The monoisotopic (exact) mass is 550 g/mol. The van der Waals surface area contributed by atoms with Crippen molar-refractivity contribution in [2.75, 3.05) is 19.7 Å². The van der Waals surface area contributed by atoms with E-state index in [2.05, 4.69) is 9.68 Å². The number of carbonyl (C=O) groups is 2. The number of esters is 1. The Kier molecular flexibility index (Phi) is 10.5. The highest BCUT2D eigenvalue weighted by Crippen LogP contribution is 2.40. The van der Waals surface area contributed by atoms with Gasteiger partial charge in [-0.25, -0.2) is 9.36 Å². The fourth-order valence-electron chi connectivity index (χ4n) is 4.29. The van der Waals surface area contributed by atoms with Crippen LogP contribution in [0.4, 0.5) is 0 Å². The minimum absolute atomic E-state index is 0.0736. The van der Waals surface area contributed by atoms with E-state index in [-0.39, 0.29) is 35.8 Å². The summed E-state index contributed by atoms with van der Waals surface area (Å²) >= 11 is 0. The Labute approximate surface area is 222 Å². The number of oxime groups is 1. The third-order valence-electron chi connectivity index (χ3n) is 6.11. The summed E-state index contributed by atoms with van der Waals surface area (Å²) in [4.78, 5) is 51.1. The van der Waals surface area contributed by atoms with Crippen LogP contribution in [0.2, 0.25) is 0 Å². The van der Waals surface area contributed by atoms with Crippen molar-refractivity contribution in [3.63, 3.8) is 0 Å². The standard InChI is InChI=1S/C26H35N2O9P/c1-18-9-5-3-6-10-19(2)36-26(31)25-20(15-22(16-23(25)29)37-38(32,33)34)14-21(13-18)27-35-17-24(30)28-11-7-4-8-12-28/h3,6,13,15-16,19,29H,4-5,7-12,14,17H2,1-2H3,(H2,32,33,34)/t19-/m1/s1. The molecule has 1 atom stereocenters. The van der Waals surface area contributed by atoms with E-state index in [9.17, 15) is 29.0 Å². The number of nitrogens with zero attached hydrogens (tertiary/aromatic N) is 2. The second-order valence-corrected chi connectivity index (χ2v) is 10.6. The van der Waals surface area contributed by atoms with Gasteiger partial charge in [0.2, 0.25) is 0 Å². The number of hydrogen-bond donors (Lipinski definition) is 3. The van der Waals surface area contributed by atoms with Crippen molar-refractivity contribution in [3.8, 4) is 11.5 Å². The van der Waals surface area contributed by atoms with Gasteiger partial charge in [-0.3, -0.25) is 14.6 Å². The molecule has 0 saturated carbocycles. The van der Waals surface area contributed by atoms with Gasteiger partial charge in [0.15, 0.2) is 6.61 Å². The fraction of sp³-hybridized carbons (Fsp3) is 0.500. The van der Waals surface area contributed by atoms with Crippen LogP contribution in [0, 0.1) is 0 Å². The lowest BCUT2D eigenvalue weighted by molar-refractivity contribution is -0.137. The van der Waals surface area contributed by atoms with Crippen molar-refractivity contribution in [1.29, 1.82) is 0 Å². The number of ether oxygens (including phenoxy) is 1. The number of aromatic hydroxyl groups is 1. The summed E-state index contributed by atoms with van der Waals surface area (Å²) in [5.41, 5.74) is 1.27. The minimum atomic E-state index is -4.94. The van der Waals surface area contributed by atoms with Gasteiger partial charge in [0.05, 0.1) is 5.71 Å². The summed E-state index contributed by atoms with van der Waals surface area (Å²) in [6.45, 7) is 4.75. The molecule has 2 aliphatic rings. The van der Waals surface area contributed by atoms with E-state index < -0.39 is 25.6 Å². The average molecular weight is 551 g/mol. The van der Waals surface area contributed by atoms with Gasteiger partial charge in [-0.1, -0.05) is 22.9 Å². The lowest BCUT2D eigenvalue weighted by Crippen LogP contribution is -2.37. The highest BCUT2D eigenvalue weighted by molar-refractivity contribution is 7.46. The molecule has 0 spiro atoms. The summed E-state index contributed by atoms with van der Waals surface area (Å²) in [6.07, 6.45) is 10.1. The number of phenols is 1. The van der Waals surface area contributed by atoms with Gasteiger partial charge in [-0.2, -0.15) is 0 Å². The molecular weight excluding hydrogens is 515 g/mol. The first-order valence-corrected chi connectivity index (χ1v) is 14.2. The first-order valence-electron chi connectivity index (χ1n) is 12.6. The third kappa shape index (κ3) is 9.31. The van der Waals surface area contributed by atoms with E-state index in [0.717, 1.165) is 43.7 Å². The number of cyclic esters (lactones) is 1. The Morgan fingerprint density at radius 2 is 1.95 bits per heavy atom. The Hall–Kier alpha value is -3.14. The first-order chi connectivity index (χ1) is 18.0. The largest absolute Gasteiger partial charge is 0.524 e. The Balaban J connectivity index is 1.96. The molecule has 1 saturated heterocycles. The number of rotatable bonds is 5. The maximum atomic E-state index is 13.0. The predicted octanol–water partition coefficient (Wildman–Crippen LogP) is 4.02. The maximum absolute atomic E-state index is 13.0. The van der Waals surface area contributed by atoms with E-state index in [1.807, 2.05) is 19.1 Å². The smallest absolute Gasteiger partial charge is 0.507 e. The zero-order valence-electron chi connectivity index (χ0n) is 21.7. The van der Waals surface area contributed by atoms with Gasteiger partial charge in [0, 0.05) is 32.0 Å². The Bertz CT molecular complexity index is 1150. The number of hydrogen-bond acceptors (Lipinski definition) is 8. The summed E-state index contributed by atoms with van der Waals surface area (Å²) in [6, 6.07) is 2.18. The second kappa shape index (κ2) is 13.6. The lowest BCUT2D eigenvalue weighted by Gasteiger charge is -2.26. The highest BCUT2D eigenvalue weighted by atomic mass is 31.2. The van der Waals surface area contributed by atoms with Gasteiger partial charge in [0.1, 0.15) is 23.2 Å². The number of phosphoric acid groups is 1. The summed E-state index contributed by atoms with van der Waals surface area (Å²) < 4.78 is 21.6. The van der Waals surface area contributed by atoms with Crippen LogP contribution in [0.5, 0.6) is 11.5 Å². The molecule has 38 heavy (non-hydrogen) atoms. The van der Waals surface area contributed by atoms with E-state index in [0.29, 0.717) is 25.2 Å². The van der Waals surface area contributed by atoms with Crippen LogP contribution < -0.4 is 4.52 Å². The molecule has 0 bridgehead atoms. The topological polar surface area (TPSA) is 155 Å². The maximum Gasteiger partial charge on any atom is 0.524 e. The number of benzene rings is 1. The summed E-state index contributed by atoms with van der Waals surface area (Å²) in [5, 5.41) is 14.8. The quantitative estimate of drug-likeness (QED) is 0.213. The molecule has 0 aliphatic carbocycles. The van der Waals surface area contributed by atoms with Crippen molar-refractivity contribution < 1.29 is 43.1 Å². The Morgan fingerprint density at radius 3 is 2.66 bits per heavy atom. The molecule has 208 valence electrons. The molecule has 0 radical (unpaired) electrons. The number of likely N-dealkylation sites (tertiary alicyclic amines) is 1. The van der Waals surface area contributed by atoms with Crippen molar-refractivity contribution in [1.82, 2.24) is 4.90 Å². The zero-order chi connectivity index (χ0) is 27.7. The minimum Gasteiger partial charge on any atom is -0.507 e. The first kappa shape index (κ1) is 29.4. The molecule has 1 fully saturated rings. The molecule has 11 nitrogen and oxygen atoms in total. The SMILES string of the molecule is CC1=CC(=NOCC(=O)N2CCCCC2)Cc2cc(OP(=O)(O)O)cc(O)c2C(=O)O[C@H](C)CC=CCC1. The van der Waals surface area contributed by atoms with Crippen molar-refractivity contribution in [3.05, 3.63) is 47.1 Å². The normalized spacial score (nSPS) is 20.7. The van der Waals surface area contributed by atoms with Gasteiger partial charge >= 0.3 is 13.8 Å². The van der Waals surface area contributed by atoms with E-state index in [1.54, 1.807) is 17.9 Å². The van der Waals surface area contributed by atoms with Crippen LogP contribution in [-0.2, 0) is 25.4 Å². The molecule has 2 heterocycles. The third-order valence-corrected chi connectivity index (χ3v) is 6.56. The number of phosphoric ester groups is 1. The summed E-state index contributed by atoms with van der Waals surface area (Å²) in [7, 11) is -4.94.